The number of methoxy groups -OCH3 is 1. The molecule has 33 heavy (non-hydrogen) atoms. The maximum atomic E-state index is 13.0. The maximum absolute atomic E-state index is 13.0. The highest BCUT2D eigenvalue weighted by molar-refractivity contribution is 7.92. The van der Waals surface area contributed by atoms with E-state index < -0.39 is 41.5 Å². The standard InChI is InChI=1S/C17H28N8O6S2/c1-11(9-18)22-33(29,30)13-4-3-12(25-7-5-17(10-26,31-2)6-8-25)14(15(13)32(19,27)28)16-20-23-24-21-16/h3-4,11,22,26H,5-10,18H2,1-2H3,(H2,19,27,28)(H,20,21,23,24). The van der Waals surface area contributed by atoms with Crippen molar-refractivity contribution in [3.8, 4) is 11.4 Å². The van der Waals surface area contributed by atoms with Gasteiger partial charge in [0, 0.05) is 38.5 Å². The Hall–Kier alpha value is -2.21. The average Bonchev–Trinajstić information content (AvgIpc) is 3.32. The van der Waals surface area contributed by atoms with Crippen molar-refractivity contribution in [2.24, 2.45) is 10.9 Å². The number of aliphatic hydroxyl groups excluding tert-OH is 1. The lowest BCUT2D eigenvalue weighted by Gasteiger charge is -2.41. The Labute approximate surface area is 191 Å². The highest BCUT2D eigenvalue weighted by Crippen LogP contribution is 2.40. The predicted molar refractivity (Wildman–Crippen MR) is 118 cm³/mol. The maximum Gasteiger partial charge on any atom is 0.242 e. The fourth-order valence-electron chi connectivity index (χ4n) is 3.75. The molecule has 7 N–H and O–H groups in total. The van der Waals surface area contributed by atoms with Crippen LogP contribution in [0.5, 0.6) is 0 Å². The van der Waals surface area contributed by atoms with E-state index in [1.54, 1.807) is 6.92 Å². The molecule has 0 aliphatic carbocycles. The Bertz CT molecular complexity index is 1170. The second-order valence-corrected chi connectivity index (χ2v) is 11.0. The van der Waals surface area contributed by atoms with Gasteiger partial charge < -0.3 is 20.5 Å². The number of hydrogen-bond acceptors (Lipinski definition) is 11. The number of nitrogens with one attached hydrogen (secondary N) is 2. The molecule has 184 valence electrons. The van der Waals surface area contributed by atoms with E-state index >= 15 is 0 Å². The fourth-order valence-corrected chi connectivity index (χ4v) is 6.61. The number of nitrogens with zero attached hydrogens (tertiary/aromatic N) is 4. The minimum atomic E-state index is -4.57. The van der Waals surface area contributed by atoms with E-state index in [9.17, 15) is 21.9 Å². The molecule has 0 amide bonds. The molecule has 3 rings (SSSR count). The van der Waals surface area contributed by atoms with Gasteiger partial charge in [0.15, 0.2) is 0 Å². The summed E-state index contributed by atoms with van der Waals surface area (Å²) in [6.45, 7) is 2.15. The first-order chi connectivity index (χ1) is 15.5. The number of aromatic amines is 1. The van der Waals surface area contributed by atoms with Crippen molar-refractivity contribution in [1.29, 1.82) is 0 Å². The van der Waals surface area contributed by atoms with E-state index in [4.69, 9.17) is 15.6 Å². The molecule has 1 aliphatic heterocycles. The number of H-pyrrole nitrogens is 1. The molecule has 1 aliphatic rings. The predicted octanol–water partition coefficient (Wildman–Crippen LogP) is -1.88. The lowest BCUT2D eigenvalue weighted by molar-refractivity contribution is -0.0672. The number of primary sulfonamides is 1. The van der Waals surface area contributed by atoms with E-state index in [0.29, 0.717) is 31.6 Å². The van der Waals surface area contributed by atoms with Gasteiger partial charge in [0.05, 0.1) is 17.8 Å². The van der Waals surface area contributed by atoms with Crippen molar-refractivity contribution in [3.63, 3.8) is 0 Å². The van der Waals surface area contributed by atoms with Gasteiger partial charge in [-0.2, -0.15) is 5.21 Å². The van der Waals surface area contributed by atoms with Crippen LogP contribution in [-0.2, 0) is 24.8 Å². The van der Waals surface area contributed by atoms with Gasteiger partial charge in [0.2, 0.25) is 25.9 Å². The van der Waals surface area contributed by atoms with Gasteiger partial charge in [-0.1, -0.05) is 0 Å². The van der Waals surface area contributed by atoms with Crippen LogP contribution in [0.25, 0.3) is 11.4 Å². The van der Waals surface area contributed by atoms with E-state index in [2.05, 4.69) is 25.3 Å². The first kappa shape index (κ1) is 25.4. The summed E-state index contributed by atoms with van der Waals surface area (Å²) in [5.74, 6) is -0.135. The number of anilines is 1. The number of benzene rings is 1. The van der Waals surface area contributed by atoms with Crippen LogP contribution in [0.1, 0.15) is 19.8 Å². The van der Waals surface area contributed by atoms with Crippen molar-refractivity contribution >= 4 is 25.7 Å². The molecule has 14 nitrogen and oxygen atoms in total. The molecule has 1 unspecified atom stereocenters. The highest BCUT2D eigenvalue weighted by atomic mass is 32.2. The summed E-state index contributed by atoms with van der Waals surface area (Å²) >= 11 is 0. The topological polar surface area (TPSA) is 220 Å². The van der Waals surface area contributed by atoms with Crippen molar-refractivity contribution in [2.75, 3.05) is 38.3 Å². The first-order valence-corrected chi connectivity index (χ1v) is 13.1. The number of sulfonamides is 2. The number of rotatable bonds is 9. The Kier molecular flexibility index (Phi) is 7.37. The summed E-state index contributed by atoms with van der Waals surface area (Å²) in [6.07, 6.45) is 0.901. The largest absolute Gasteiger partial charge is 0.393 e. The van der Waals surface area contributed by atoms with Crippen LogP contribution >= 0.6 is 0 Å². The Balaban J connectivity index is 2.21. The summed E-state index contributed by atoms with van der Waals surface area (Å²) in [5.41, 5.74) is 5.07. The normalized spacial score (nSPS) is 17.8. The zero-order chi connectivity index (χ0) is 24.4. The van der Waals surface area contributed by atoms with Gasteiger partial charge >= 0.3 is 0 Å². The Morgan fingerprint density at radius 1 is 1.30 bits per heavy atom. The lowest BCUT2D eigenvalue weighted by Crippen LogP contribution is -2.48. The summed E-state index contributed by atoms with van der Waals surface area (Å²) in [6, 6.07) is 1.99. The molecule has 0 saturated carbocycles. The second kappa shape index (κ2) is 9.57. The van der Waals surface area contributed by atoms with Crippen LogP contribution in [0.3, 0.4) is 0 Å². The first-order valence-electron chi connectivity index (χ1n) is 10.0. The molecular formula is C17H28N8O6S2. The number of aliphatic hydroxyl groups is 1. The van der Waals surface area contributed by atoms with Gasteiger partial charge in [-0.05, 0) is 37.1 Å². The van der Waals surface area contributed by atoms with Crippen molar-refractivity contribution in [2.45, 2.75) is 41.2 Å². The van der Waals surface area contributed by atoms with Gasteiger partial charge in [0.25, 0.3) is 0 Å². The van der Waals surface area contributed by atoms with Crippen LogP contribution < -0.4 is 20.5 Å². The third-order valence-corrected chi connectivity index (χ3v) is 8.44. The van der Waals surface area contributed by atoms with E-state index in [1.165, 1.54) is 19.2 Å². The molecule has 2 aromatic rings. The molecule has 2 heterocycles. The number of hydrogen-bond donors (Lipinski definition) is 5. The fraction of sp³-hybridized carbons (Fsp3) is 0.588. The van der Waals surface area contributed by atoms with Crippen LogP contribution in [0, 0.1) is 0 Å². The number of ether oxygens (including phenoxy) is 1. The third kappa shape index (κ3) is 5.16. The summed E-state index contributed by atoms with van der Waals surface area (Å²) in [7, 11) is -7.37. The van der Waals surface area contributed by atoms with Crippen molar-refractivity contribution in [3.05, 3.63) is 12.1 Å². The molecule has 0 spiro atoms. The molecule has 1 atom stereocenters. The van der Waals surface area contributed by atoms with Crippen molar-refractivity contribution < 1.29 is 26.7 Å². The molecule has 16 heteroatoms. The minimum Gasteiger partial charge on any atom is -0.393 e. The van der Waals surface area contributed by atoms with Crippen molar-refractivity contribution in [1.82, 2.24) is 25.3 Å². The molecular weight excluding hydrogens is 476 g/mol. The van der Waals surface area contributed by atoms with E-state index in [1.807, 2.05) is 4.90 Å². The zero-order valence-electron chi connectivity index (χ0n) is 18.2. The monoisotopic (exact) mass is 504 g/mol. The van der Waals surface area contributed by atoms with Crippen LogP contribution in [-0.4, -0.2) is 87.6 Å². The Morgan fingerprint density at radius 2 is 1.97 bits per heavy atom. The number of tetrazole rings is 1. The average molecular weight is 505 g/mol. The molecule has 1 aromatic heterocycles. The van der Waals surface area contributed by atoms with Gasteiger partial charge in [-0.25, -0.2) is 26.7 Å². The summed E-state index contributed by atoms with van der Waals surface area (Å²) in [4.78, 5) is 0.635. The molecule has 1 fully saturated rings. The van der Waals surface area contributed by atoms with Crippen LogP contribution in [0.2, 0.25) is 0 Å². The van der Waals surface area contributed by atoms with Gasteiger partial charge in [-0.3, -0.25) is 0 Å². The van der Waals surface area contributed by atoms with E-state index in [-0.39, 0.29) is 24.5 Å². The van der Waals surface area contributed by atoms with E-state index in [0.717, 1.165) is 0 Å². The van der Waals surface area contributed by atoms with Crippen LogP contribution in [0.4, 0.5) is 5.69 Å². The quantitative estimate of drug-likeness (QED) is 0.254. The SMILES string of the molecule is COC1(CO)CCN(c2ccc(S(=O)(=O)NC(C)CN)c(S(N)(=O)=O)c2-c2nn[nH]n2)CC1. The summed E-state index contributed by atoms with van der Waals surface area (Å²) in [5, 5.41) is 28.7. The second-order valence-electron chi connectivity index (χ2n) is 7.86. The lowest BCUT2D eigenvalue weighted by atomic mass is 9.91. The summed E-state index contributed by atoms with van der Waals surface area (Å²) < 4.78 is 59.3. The van der Waals surface area contributed by atoms with Gasteiger partial charge in [0.1, 0.15) is 9.79 Å². The zero-order valence-corrected chi connectivity index (χ0v) is 19.9. The molecule has 0 radical (unpaired) electrons. The molecule has 0 bridgehead atoms. The highest BCUT2D eigenvalue weighted by Gasteiger charge is 2.37. The smallest absolute Gasteiger partial charge is 0.242 e. The minimum absolute atomic E-state index is 0.000392. The number of piperidine rings is 1. The van der Waals surface area contributed by atoms with Crippen LogP contribution in [0.15, 0.2) is 21.9 Å². The molecule has 1 saturated heterocycles. The molecule has 1 aromatic carbocycles. The Morgan fingerprint density at radius 3 is 2.45 bits per heavy atom. The third-order valence-electron chi connectivity index (χ3n) is 5.69. The van der Waals surface area contributed by atoms with Gasteiger partial charge in [-0.15, -0.1) is 10.2 Å². The number of nitrogens with two attached hydrogens (primary N) is 2. The number of aromatic nitrogens is 4.